The third-order valence-electron chi connectivity index (χ3n) is 10.8. The summed E-state index contributed by atoms with van der Waals surface area (Å²) in [6, 6.07) is 19.5. The van der Waals surface area contributed by atoms with Crippen molar-refractivity contribution >= 4 is 58.3 Å². The number of aliphatic hydroxyl groups excluding tert-OH is 1. The Kier molecular flexibility index (Phi) is 16.8. The predicted octanol–water partition coefficient (Wildman–Crippen LogP) is 8.28. The van der Waals surface area contributed by atoms with Crippen LogP contribution in [-0.4, -0.2) is 97.9 Å². The number of amides is 2. The molecule has 0 aliphatic heterocycles. The molecule has 0 saturated carbocycles. The van der Waals surface area contributed by atoms with Gasteiger partial charge in [0.15, 0.2) is 18.9 Å². The number of carbonyl (C=O) groups excluding carboxylic acids is 5. The summed E-state index contributed by atoms with van der Waals surface area (Å²) in [5.41, 5.74) is 10.2. The largest absolute Gasteiger partial charge is 0.506 e. The minimum atomic E-state index is -0.650. The molecule has 14 heteroatoms. The molecule has 342 valence electrons. The highest BCUT2D eigenvalue weighted by molar-refractivity contribution is 6.39. The number of esters is 2. The smallest absolute Gasteiger partial charge is 0.407 e. The number of ketones is 1. The van der Waals surface area contributed by atoms with Gasteiger partial charge in [0.1, 0.15) is 25.6 Å². The van der Waals surface area contributed by atoms with Gasteiger partial charge in [-0.05, 0) is 88.4 Å². The zero-order valence-electron chi connectivity index (χ0n) is 38.3. The quantitative estimate of drug-likeness (QED) is 0.0369. The van der Waals surface area contributed by atoms with E-state index in [0.29, 0.717) is 30.6 Å². The lowest BCUT2D eigenvalue weighted by atomic mass is 9.76. The van der Waals surface area contributed by atoms with E-state index in [1.54, 1.807) is 26.0 Å². The van der Waals surface area contributed by atoms with Crippen LogP contribution in [0.15, 0.2) is 114 Å². The first-order valence-corrected chi connectivity index (χ1v) is 21.5. The molecule has 0 heterocycles. The minimum Gasteiger partial charge on any atom is -0.506 e. The van der Waals surface area contributed by atoms with Crippen molar-refractivity contribution in [2.75, 3.05) is 57.5 Å². The van der Waals surface area contributed by atoms with Crippen molar-refractivity contribution in [1.82, 2.24) is 10.6 Å². The third-order valence-corrected chi connectivity index (χ3v) is 10.8. The van der Waals surface area contributed by atoms with Gasteiger partial charge in [-0.2, -0.15) is 4.58 Å². The number of rotatable bonds is 18. The first kappa shape index (κ1) is 48.8. The molecule has 0 radical (unpaired) electrons. The van der Waals surface area contributed by atoms with E-state index in [1.165, 1.54) is 0 Å². The van der Waals surface area contributed by atoms with Gasteiger partial charge in [-0.3, -0.25) is 4.79 Å². The highest BCUT2D eigenvalue weighted by atomic mass is 16.6. The van der Waals surface area contributed by atoms with Crippen molar-refractivity contribution in [1.29, 1.82) is 0 Å². The molecule has 3 aromatic carbocycles. The summed E-state index contributed by atoms with van der Waals surface area (Å²) in [5.74, 6) is -1.50. The maximum Gasteiger partial charge on any atom is 0.407 e. The molecule has 2 aliphatic rings. The van der Waals surface area contributed by atoms with E-state index in [1.807, 2.05) is 88.1 Å². The molecular formula is C51H59N4O10+. The molecule has 1 unspecified atom stereocenters. The van der Waals surface area contributed by atoms with Crippen LogP contribution in [0.2, 0.25) is 0 Å². The first-order valence-electron chi connectivity index (χ1n) is 21.5. The Morgan fingerprint density at radius 3 is 1.85 bits per heavy atom. The molecule has 0 saturated heterocycles. The van der Waals surface area contributed by atoms with Crippen molar-refractivity contribution in [3.05, 3.63) is 142 Å². The zero-order valence-corrected chi connectivity index (χ0v) is 38.3. The normalized spacial score (nSPS) is 16.2. The highest BCUT2D eigenvalue weighted by Crippen LogP contribution is 2.42. The van der Waals surface area contributed by atoms with E-state index in [2.05, 4.69) is 40.5 Å². The summed E-state index contributed by atoms with van der Waals surface area (Å²) in [6.07, 6.45) is 3.09. The summed E-state index contributed by atoms with van der Waals surface area (Å²) < 4.78 is 23.1. The van der Waals surface area contributed by atoms with Crippen LogP contribution in [0.1, 0.15) is 55.0 Å². The number of Topliss-reactive ketones (excluding diaryl/α,β-unsaturated/α-hetero) is 1. The lowest BCUT2D eigenvalue weighted by molar-refractivity contribution is -0.444. The molecule has 3 aromatic rings. The second kappa shape index (κ2) is 22.4. The van der Waals surface area contributed by atoms with E-state index < -0.39 is 24.1 Å². The molecule has 1 atom stereocenters. The molecular weight excluding hydrogens is 829 g/mol. The van der Waals surface area contributed by atoms with E-state index in [0.717, 1.165) is 50.6 Å². The van der Waals surface area contributed by atoms with Gasteiger partial charge >= 0.3 is 24.1 Å². The average molecular weight is 888 g/mol. The second-order valence-electron chi connectivity index (χ2n) is 16.2. The summed E-state index contributed by atoms with van der Waals surface area (Å²) in [5, 5.41) is 16.6. The number of aliphatic hydroxyl groups is 1. The average Bonchev–Trinajstić information content (AvgIpc) is 3.25. The Morgan fingerprint density at radius 1 is 0.738 bits per heavy atom. The van der Waals surface area contributed by atoms with E-state index >= 15 is 0 Å². The van der Waals surface area contributed by atoms with E-state index in [-0.39, 0.29) is 73.7 Å². The maximum atomic E-state index is 13.9. The summed E-state index contributed by atoms with van der Waals surface area (Å²) in [4.78, 5) is 63.9. The molecule has 3 N–H and O–H groups in total. The van der Waals surface area contributed by atoms with Crippen LogP contribution < -0.4 is 15.5 Å². The Labute approximate surface area is 380 Å². The monoisotopic (exact) mass is 887 g/mol. The molecule has 2 amide bonds. The predicted molar refractivity (Wildman–Crippen MR) is 250 cm³/mol. The van der Waals surface area contributed by atoms with Crippen LogP contribution in [0.4, 0.5) is 26.7 Å². The zero-order chi connectivity index (χ0) is 47.4. The Hall–Kier alpha value is -7.22. The number of hydrogen-bond donors (Lipinski definition) is 3. The number of benzene rings is 3. The van der Waals surface area contributed by atoms with E-state index in [4.69, 9.17) is 18.9 Å². The van der Waals surface area contributed by atoms with Crippen molar-refractivity contribution in [3.8, 4) is 0 Å². The lowest BCUT2D eigenvalue weighted by Crippen LogP contribution is -2.31. The number of alkyl carbamates (subject to hydrolysis) is 2. The number of anilines is 2. The molecule has 2 aliphatic carbocycles. The summed E-state index contributed by atoms with van der Waals surface area (Å²) in [6.45, 7) is 21.2. The Balaban J connectivity index is 1.31. The molecule has 0 aromatic heterocycles. The van der Waals surface area contributed by atoms with Gasteiger partial charge in [-0.15, -0.1) is 0 Å². The van der Waals surface area contributed by atoms with Crippen molar-refractivity contribution in [3.63, 3.8) is 0 Å². The third kappa shape index (κ3) is 12.7. The number of allylic oxidation sites excluding steroid dienone is 5. The minimum absolute atomic E-state index is 0.00976. The van der Waals surface area contributed by atoms with Gasteiger partial charge in [-0.1, -0.05) is 67.6 Å². The Bertz CT molecular complexity index is 2490. The first-order chi connectivity index (χ1) is 31.0. The van der Waals surface area contributed by atoms with Gasteiger partial charge in [0, 0.05) is 46.6 Å². The fourth-order valence-corrected chi connectivity index (χ4v) is 7.54. The van der Waals surface area contributed by atoms with Crippen LogP contribution in [0.5, 0.6) is 0 Å². The summed E-state index contributed by atoms with van der Waals surface area (Å²) >= 11 is 0. The second-order valence-corrected chi connectivity index (χ2v) is 16.2. The SMILES string of the molecule is C=C(C)C(=O)OCCNC(=O)OCCN(c1ccc(C2=C(O)/C(=C3/C=CC(=[N+](CCOC(=O)NCCOC(=O)C(=C)C)c4ccc(C)cc4C)CC3C)C2=O)cc1)c1ccc(C)cc1C. The van der Waals surface area contributed by atoms with Gasteiger partial charge in [-0.25, -0.2) is 19.2 Å². The van der Waals surface area contributed by atoms with Crippen LogP contribution in [-0.2, 0) is 33.3 Å². The number of carbonyl (C=O) groups is 5. The topological polar surface area (TPSA) is 173 Å². The lowest BCUT2D eigenvalue weighted by Gasteiger charge is -2.29. The van der Waals surface area contributed by atoms with Crippen molar-refractivity contribution in [2.45, 2.75) is 54.9 Å². The van der Waals surface area contributed by atoms with Crippen molar-refractivity contribution < 1.29 is 52.6 Å². The Morgan fingerprint density at radius 2 is 1.31 bits per heavy atom. The van der Waals surface area contributed by atoms with E-state index in [9.17, 15) is 29.1 Å². The van der Waals surface area contributed by atoms with Crippen molar-refractivity contribution in [2.24, 2.45) is 5.92 Å². The molecule has 0 spiro atoms. The number of hydrogen-bond acceptors (Lipinski definition) is 11. The number of nitrogens with zero attached hydrogens (tertiary/aromatic N) is 2. The van der Waals surface area contributed by atoms with Crippen LogP contribution in [0, 0.1) is 33.6 Å². The van der Waals surface area contributed by atoms with Gasteiger partial charge in [0.05, 0.1) is 30.8 Å². The summed E-state index contributed by atoms with van der Waals surface area (Å²) in [7, 11) is 0. The van der Waals surface area contributed by atoms with Gasteiger partial charge < -0.3 is 39.6 Å². The highest BCUT2D eigenvalue weighted by Gasteiger charge is 2.39. The van der Waals surface area contributed by atoms with Gasteiger partial charge in [0.2, 0.25) is 11.5 Å². The standard InChI is InChI=1S/C51H58N4O10/c1-31(2)48(58)62-24-20-52-50(60)64-26-22-54(42-18-10-33(5)28-36(42)8)39-14-12-38(13-15-39)44-46(56)45(47(44)57)41-17-16-40(30-35(41)7)55(43-19-11-34(6)29-37(43)9)23-27-65-51(61)53-21-25-63-49(59)32(3)4/h10-19,28-29,35H,1,3,20-27,30H2,2,4-9H3,(H2-,52,53,56,57,60,61)/p+1. The number of ether oxygens (including phenoxy) is 4. The number of aryl methyl sites for hydroxylation is 4. The fourth-order valence-electron chi connectivity index (χ4n) is 7.54. The fraction of sp³-hybridized carbons (Fsp3) is 0.333. The van der Waals surface area contributed by atoms with Crippen LogP contribution in [0.3, 0.4) is 0 Å². The van der Waals surface area contributed by atoms with Crippen LogP contribution >= 0.6 is 0 Å². The van der Waals surface area contributed by atoms with Crippen LogP contribution in [0.25, 0.3) is 5.57 Å². The number of nitrogens with one attached hydrogen (secondary N) is 2. The molecule has 0 fully saturated rings. The van der Waals surface area contributed by atoms with Gasteiger partial charge in [0.25, 0.3) is 0 Å². The molecule has 65 heavy (non-hydrogen) atoms. The molecule has 14 nitrogen and oxygen atoms in total. The molecule has 0 bridgehead atoms. The molecule has 5 rings (SSSR count). The maximum absolute atomic E-state index is 13.9.